The molecule has 0 saturated carbocycles. The summed E-state index contributed by atoms with van der Waals surface area (Å²) in [6, 6.07) is 0. The van der Waals surface area contributed by atoms with Crippen molar-refractivity contribution in [2.45, 2.75) is 27.2 Å². The van der Waals surface area contributed by atoms with E-state index in [4.69, 9.17) is 4.74 Å². The molecular weight excluding hydrogens is 406 g/mol. The standard InChI is InChI=1S/C24H31N5O3/c1-7-9-16(3)22(8-2)32-15-17(4)23(30)26-20-11-10-18(21-14-25-28-27-21)12-19(13-20)24(31)29(5)6/h7-12,14,17H,1,13,15H2,2-6H3,(H,26,30)(H,25,27,28)/b16-9-,22-8+. The summed E-state index contributed by atoms with van der Waals surface area (Å²) in [5.74, 6) is -0.0196. The van der Waals surface area contributed by atoms with Crippen LogP contribution >= 0.6 is 0 Å². The minimum absolute atomic E-state index is 0.139. The number of hydrogen-bond acceptors (Lipinski definition) is 5. The zero-order valence-electron chi connectivity index (χ0n) is 19.3. The molecule has 1 heterocycles. The van der Waals surface area contributed by atoms with Gasteiger partial charge in [-0.05, 0) is 37.6 Å². The van der Waals surface area contributed by atoms with Gasteiger partial charge in [0.15, 0.2) is 0 Å². The lowest BCUT2D eigenvalue weighted by molar-refractivity contribution is -0.126. The van der Waals surface area contributed by atoms with Gasteiger partial charge in [0.2, 0.25) is 11.8 Å². The number of aromatic nitrogens is 3. The summed E-state index contributed by atoms with van der Waals surface area (Å²) in [6.07, 6.45) is 12.6. The van der Waals surface area contributed by atoms with Gasteiger partial charge in [-0.2, -0.15) is 15.4 Å². The zero-order valence-corrected chi connectivity index (χ0v) is 19.3. The molecule has 0 aromatic carbocycles. The Labute approximate surface area is 189 Å². The summed E-state index contributed by atoms with van der Waals surface area (Å²) < 4.78 is 5.82. The third-order valence-electron chi connectivity index (χ3n) is 4.81. The second-order valence-electron chi connectivity index (χ2n) is 7.65. The van der Waals surface area contributed by atoms with Crippen LogP contribution < -0.4 is 5.32 Å². The number of allylic oxidation sites excluding steroid dienone is 9. The molecule has 0 saturated heterocycles. The summed E-state index contributed by atoms with van der Waals surface area (Å²) in [6.45, 7) is 9.51. The van der Waals surface area contributed by atoms with E-state index in [1.807, 2.05) is 32.1 Å². The molecular formula is C24H31N5O3. The number of nitrogens with one attached hydrogen (secondary N) is 2. The van der Waals surface area contributed by atoms with Crippen molar-refractivity contribution in [2.24, 2.45) is 5.92 Å². The van der Waals surface area contributed by atoms with E-state index in [-0.39, 0.29) is 24.8 Å². The fraction of sp³-hybridized carbons (Fsp3) is 0.333. The van der Waals surface area contributed by atoms with Gasteiger partial charge < -0.3 is 15.0 Å². The van der Waals surface area contributed by atoms with Gasteiger partial charge in [-0.3, -0.25) is 9.59 Å². The average molecular weight is 438 g/mol. The molecule has 0 aliphatic heterocycles. The van der Waals surface area contributed by atoms with E-state index in [0.717, 1.165) is 11.1 Å². The average Bonchev–Trinajstić information content (AvgIpc) is 3.22. The number of rotatable bonds is 9. The highest BCUT2D eigenvalue weighted by atomic mass is 16.5. The summed E-state index contributed by atoms with van der Waals surface area (Å²) in [4.78, 5) is 27.0. The van der Waals surface area contributed by atoms with Crippen LogP contribution in [0.4, 0.5) is 0 Å². The number of carbonyl (C=O) groups excluding carboxylic acids is 2. The van der Waals surface area contributed by atoms with Crippen molar-refractivity contribution in [3.63, 3.8) is 0 Å². The quantitative estimate of drug-likeness (QED) is 0.456. The second-order valence-corrected chi connectivity index (χ2v) is 7.65. The summed E-state index contributed by atoms with van der Waals surface area (Å²) in [5.41, 5.74) is 3.44. The van der Waals surface area contributed by atoms with Crippen LogP contribution in [0, 0.1) is 5.92 Å². The van der Waals surface area contributed by atoms with E-state index >= 15 is 0 Å². The SMILES string of the molecule is C=C/C=C(C)\C(=C/C)OCC(C)C(=O)NC1=CC=C(c2cn[nH]n2)C=C(C(=O)N(C)C)C1. The molecule has 2 rings (SSSR count). The Hall–Kier alpha value is -3.68. The van der Waals surface area contributed by atoms with Gasteiger partial charge in [-0.1, -0.05) is 31.7 Å². The largest absolute Gasteiger partial charge is 0.493 e. The topological polar surface area (TPSA) is 100 Å². The lowest BCUT2D eigenvalue weighted by Crippen LogP contribution is -2.32. The first-order chi connectivity index (χ1) is 15.3. The van der Waals surface area contributed by atoms with E-state index in [0.29, 0.717) is 22.7 Å². The van der Waals surface area contributed by atoms with Crippen LogP contribution in [0.3, 0.4) is 0 Å². The first-order valence-corrected chi connectivity index (χ1v) is 10.4. The minimum Gasteiger partial charge on any atom is -0.493 e. The van der Waals surface area contributed by atoms with Crippen LogP contribution in [0.2, 0.25) is 0 Å². The number of amides is 2. The Morgan fingerprint density at radius 3 is 2.72 bits per heavy atom. The fourth-order valence-corrected chi connectivity index (χ4v) is 3.01. The smallest absolute Gasteiger partial charge is 0.249 e. The molecule has 1 aliphatic carbocycles. The Kier molecular flexibility index (Phi) is 8.95. The number of ether oxygens (including phenoxy) is 1. The minimum atomic E-state index is -0.401. The van der Waals surface area contributed by atoms with E-state index < -0.39 is 5.92 Å². The number of H-pyrrole nitrogens is 1. The first kappa shape index (κ1) is 24.6. The van der Waals surface area contributed by atoms with Crippen molar-refractivity contribution in [1.29, 1.82) is 0 Å². The van der Waals surface area contributed by atoms with Gasteiger partial charge >= 0.3 is 0 Å². The molecule has 2 N–H and O–H groups in total. The number of likely N-dealkylation sites (N-methyl/N-ethyl adjacent to an activating group) is 1. The Bertz CT molecular complexity index is 995. The van der Waals surface area contributed by atoms with Gasteiger partial charge in [0.25, 0.3) is 0 Å². The molecule has 1 aromatic rings. The van der Waals surface area contributed by atoms with Gasteiger partial charge in [0.05, 0.1) is 18.7 Å². The van der Waals surface area contributed by atoms with Crippen LogP contribution in [0.15, 0.2) is 71.8 Å². The van der Waals surface area contributed by atoms with Gasteiger partial charge in [0, 0.05) is 37.4 Å². The second kappa shape index (κ2) is 11.6. The fourth-order valence-electron chi connectivity index (χ4n) is 3.01. The number of aromatic amines is 1. The molecule has 0 radical (unpaired) electrons. The summed E-state index contributed by atoms with van der Waals surface area (Å²) in [7, 11) is 3.38. The van der Waals surface area contributed by atoms with Gasteiger partial charge in [-0.15, -0.1) is 0 Å². The number of hydrogen-bond donors (Lipinski definition) is 2. The maximum absolute atomic E-state index is 12.8. The van der Waals surface area contributed by atoms with E-state index in [9.17, 15) is 9.59 Å². The van der Waals surface area contributed by atoms with Gasteiger partial charge in [-0.25, -0.2) is 0 Å². The summed E-state index contributed by atoms with van der Waals surface area (Å²) in [5, 5.41) is 13.4. The normalized spacial score (nSPS) is 15.6. The van der Waals surface area contributed by atoms with Crippen LogP contribution in [-0.2, 0) is 14.3 Å². The lowest BCUT2D eigenvalue weighted by Gasteiger charge is -2.18. The van der Waals surface area contributed by atoms with E-state index in [1.54, 1.807) is 45.4 Å². The zero-order chi connectivity index (χ0) is 23.7. The highest BCUT2D eigenvalue weighted by Gasteiger charge is 2.21. The molecule has 0 spiro atoms. The van der Waals surface area contributed by atoms with E-state index in [2.05, 4.69) is 27.3 Å². The monoisotopic (exact) mass is 437 g/mol. The van der Waals surface area contributed by atoms with Crippen molar-refractivity contribution in [1.82, 2.24) is 25.6 Å². The van der Waals surface area contributed by atoms with Crippen molar-refractivity contribution in [2.75, 3.05) is 20.7 Å². The molecule has 0 bridgehead atoms. The maximum Gasteiger partial charge on any atom is 0.249 e. The van der Waals surface area contributed by atoms with Crippen molar-refractivity contribution in [3.05, 3.63) is 77.5 Å². The molecule has 1 unspecified atom stereocenters. The third-order valence-corrected chi connectivity index (χ3v) is 4.81. The van der Waals surface area contributed by atoms with Crippen LogP contribution in [-0.4, -0.2) is 52.8 Å². The Balaban J connectivity index is 2.14. The van der Waals surface area contributed by atoms with Gasteiger partial charge in [0.1, 0.15) is 11.5 Å². The van der Waals surface area contributed by atoms with Crippen molar-refractivity contribution >= 4 is 17.4 Å². The predicted octanol–water partition coefficient (Wildman–Crippen LogP) is 3.30. The summed E-state index contributed by atoms with van der Waals surface area (Å²) >= 11 is 0. The van der Waals surface area contributed by atoms with Crippen molar-refractivity contribution in [3.8, 4) is 0 Å². The number of nitrogens with zero attached hydrogens (tertiary/aromatic N) is 3. The highest BCUT2D eigenvalue weighted by molar-refractivity contribution is 5.97. The molecule has 1 atom stereocenters. The molecule has 1 aromatic heterocycles. The number of carbonyl (C=O) groups is 2. The molecule has 1 aliphatic rings. The first-order valence-electron chi connectivity index (χ1n) is 10.4. The van der Waals surface area contributed by atoms with E-state index in [1.165, 1.54) is 4.90 Å². The molecule has 170 valence electrons. The Morgan fingerprint density at radius 1 is 1.38 bits per heavy atom. The lowest BCUT2D eigenvalue weighted by atomic mass is 10.1. The van der Waals surface area contributed by atoms with Crippen LogP contribution in [0.1, 0.15) is 32.9 Å². The molecule has 8 heteroatoms. The van der Waals surface area contributed by atoms with Crippen LogP contribution in [0.25, 0.3) is 5.57 Å². The van der Waals surface area contributed by atoms with Crippen LogP contribution in [0.5, 0.6) is 0 Å². The Morgan fingerprint density at radius 2 is 2.12 bits per heavy atom. The highest BCUT2D eigenvalue weighted by Crippen LogP contribution is 2.23. The molecule has 0 fully saturated rings. The predicted molar refractivity (Wildman–Crippen MR) is 125 cm³/mol. The maximum atomic E-state index is 12.8. The third kappa shape index (κ3) is 6.66. The molecule has 8 nitrogen and oxygen atoms in total. The van der Waals surface area contributed by atoms with Crippen molar-refractivity contribution < 1.29 is 14.3 Å². The molecule has 32 heavy (non-hydrogen) atoms. The molecule has 2 amide bonds.